The lowest BCUT2D eigenvalue weighted by Gasteiger charge is -2.22. The summed E-state index contributed by atoms with van der Waals surface area (Å²) in [7, 11) is 0. The van der Waals surface area contributed by atoms with Crippen molar-refractivity contribution in [3.8, 4) is 0 Å². The van der Waals surface area contributed by atoms with Crippen LogP contribution in [0.1, 0.15) is 24.8 Å². The summed E-state index contributed by atoms with van der Waals surface area (Å²) in [6, 6.07) is 5.76. The Morgan fingerprint density at radius 3 is 2.21 bits per heavy atom. The van der Waals surface area contributed by atoms with Gasteiger partial charge in [-0.05, 0) is 17.4 Å². The van der Waals surface area contributed by atoms with Gasteiger partial charge in [0.1, 0.15) is 0 Å². The van der Waals surface area contributed by atoms with E-state index in [0.717, 1.165) is 17.0 Å². The maximum atomic E-state index is 13.2. The van der Waals surface area contributed by atoms with Crippen LogP contribution in [0.3, 0.4) is 0 Å². The van der Waals surface area contributed by atoms with Gasteiger partial charge in [-0.15, -0.1) is 11.3 Å². The lowest BCUT2D eigenvalue weighted by atomic mass is 10.0. The molecule has 5 heteroatoms. The molecule has 1 nitrogen and oxygen atoms in total. The normalized spacial score (nSPS) is 12.7. The zero-order chi connectivity index (χ0) is 14.0. The van der Waals surface area contributed by atoms with Crippen LogP contribution in [0.2, 0.25) is 0 Å². The molecule has 1 unspecified atom stereocenters. The number of nitrogens with one attached hydrogen (secondary N) is 1. The van der Waals surface area contributed by atoms with Gasteiger partial charge in [0.2, 0.25) is 0 Å². The average Bonchev–Trinajstić information content (AvgIpc) is 2.86. The third-order valence-corrected chi connectivity index (χ3v) is 3.78. The van der Waals surface area contributed by atoms with Crippen molar-refractivity contribution >= 4 is 17.0 Å². The Bertz CT molecular complexity index is 529. The molecular formula is C14H14F3NS. The Balaban J connectivity index is 2.28. The molecule has 1 atom stereocenters. The van der Waals surface area contributed by atoms with Gasteiger partial charge in [-0.1, -0.05) is 19.9 Å². The van der Waals surface area contributed by atoms with E-state index in [4.69, 9.17) is 0 Å². The van der Waals surface area contributed by atoms with Crippen LogP contribution in [0.15, 0.2) is 29.6 Å². The Morgan fingerprint density at radius 2 is 1.74 bits per heavy atom. The molecule has 2 rings (SSSR count). The first-order chi connectivity index (χ1) is 8.99. The molecule has 1 aromatic carbocycles. The molecule has 0 saturated heterocycles. The second-order valence-electron chi connectivity index (χ2n) is 4.64. The summed E-state index contributed by atoms with van der Waals surface area (Å²) in [6.45, 7) is 4.02. The van der Waals surface area contributed by atoms with Crippen molar-refractivity contribution in [2.45, 2.75) is 19.9 Å². The molecule has 0 aliphatic rings. The quantitative estimate of drug-likeness (QED) is 0.782. The van der Waals surface area contributed by atoms with Crippen molar-refractivity contribution in [1.82, 2.24) is 0 Å². The lowest BCUT2D eigenvalue weighted by Crippen LogP contribution is -2.16. The second kappa shape index (κ2) is 5.65. The van der Waals surface area contributed by atoms with Crippen LogP contribution in [0, 0.1) is 23.4 Å². The number of halogens is 3. The highest BCUT2D eigenvalue weighted by Crippen LogP contribution is 2.30. The minimum Gasteiger partial charge on any atom is -0.377 e. The van der Waals surface area contributed by atoms with Gasteiger partial charge in [-0.3, -0.25) is 0 Å². The summed E-state index contributed by atoms with van der Waals surface area (Å²) < 4.78 is 39.3. The molecule has 1 aromatic heterocycles. The van der Waals surface area contributed by atoms with Crippen LogP contribution in [-0.4, -0.2) is 0 Å². The largest absolute Gasteiger partial charge is 0.377 e. The molecule has 0 fully saturated rings. The predicted octanol–water partition coefficient (Wildman–Crippen LogP) is 4.97. The third-order valence-electron chi connectivity index (χ3n) is 2.82. The Hall–Kier alpha value is -1.49. The van der Waals surface area contributed by atoms with Gasteiger partial charge in [-0.25, -0.2) is 13.2 Å². The summed E-state index contributed by atoms with van der Waals surface area (Å²) in [6.07, 6.45) is 0. The summed E-state index contributed by atoms with van der Waals surface area (Å²) >= 11 is 1.57. The van der Waals surface area contributed by atoms with Crippen molar-refractivity contribution in [3.63, 3.8) is 0 Å². The van der Waals surface area contributed by atoms with Crippen LogP contribution >= 0.6 is 11.3 Å². The number of hydrogen-bond acceptors (Lipinski definition) is 2. The van der Waals surface area contributed by atoms with Crippen molar-refractivity contribution in [2.75, 3.05) is 5.32 Å². The van der Waals surface area contributed by atoms with Crippen molar-refractivity contribution < 1.29 is 13.2 Å². The molecule has 0 bridgehead atoms. The number of hydrogen-bond donors (Lipinski definition) is 1. The summed E-state index contributed by atoms with van der Waals surface area (Å²) in [4.78, 5) is 1.07. The van der Waals surface area contributed by atoms with E-state index in [-0.39, 0.29) is 17.6 Å². The van der Waals surface area contributed by atoms with Gasteiger partial charge in [-0.2, -0.15) is 0 Å². The molecule has 1 N–H and O–H groups in total. The molecule has 0 saturated carbocycles. The molecule has 0 radical (unpaired) electrons. The zero-order valence-electron chi connectivity index (χ0n) is 10.6. The molecule has 0 amide bonds. The van der Waals surface area contributed by atoms with Crippen LogP contribution in [0.25, 0.3) is 0 Å². The third kappa shape index (κ3) is 3.10. The van der Waals surface area contributed by atoms with Crippen molar-refractivity contribution in [3.05, 3.63) is 52.0 Å². The summed E-state index contributed by atoms with van der Waals surface area (Å²) in [5, 5.41) is 5.00. The lowest BCUT2D eigenvalue weighted by molar-refractivity contribution is 0.447. The minimum atomic E-state index is -1.44. The fraction of sp³-hybridized carbons (Fsp3) is 0.286. The van der Waals surface area contributed by atoms with E-state index < -0.39 is 17.5 Å². The van der Waals surface area contributed by atoms with Gasteiger partial charge in [0.25, 0.3) is 0 Å². The van der Waals surface area contributed by atoms with E-state index in [1.54, 1.807) is 11.3 Å². The van der Waals surface area contributed by atoms with Crippen molar-refractivity contribution in [1.29, 1.82) is 0 Å². The maximum Gasteiger partial charge on any atom is 0.194 e. The number of benzene rings is 1. The Kier molecular flexibility index (Phi) is 4.14. The van der Waals surface area contributed by atoms with Crippen molar-refractivity contribution in [2.24, 2.45) is 5.92 Å². The van der Waals surface area contributed by atoms with E-state index in [0.29, 0.717) is 0 Å². The van der Waals surface area contributed by atoms with Crippen LogP contribution in [0.5, 0.6) is 0 Å². The molecule has 0 spiro atoms. The van der Waals surface area contributed by atoms with Crippen LogP contribution in [0.4, 0.5) is 18.9 Å². The van der Waals surface area contributed by atoms with E-state index >= 15 is 0 Å². The maximum absolute atomic E-state index is 13.2. The van der Waals surface area contributed by atoms with Gasteiger partial charge in [0.05, 0.1) is 6.04 Å². The highest BCUT2D eigenvalue weighted by Gasteiger charge is 2.18. The monoisotopic (exact) mass is 285 g/mol. The second-order valence-corrected chi connectivity index (χ2v) is 5.61. The van der Waals surface area contributed by atoms with Gasteiger partial charge < -0.3 is 5.32 Å². The highest BCUT2D eigenvalue weighted by atomic mass is 32.1. The molecular weight excluding hydrogens is 271 g/mol. The molecule has 0 aliphatic carbocycles. The van der Waals surface area contributed by atoms with E-state index in [2.05, 4.69) is 5.32 Å². The van der Waals surface area contributed by atoms with Crippen LogP contribution < -0.4 is 5.32 Å². The Morgan fingerprint density at radius 1 is 1.11 bits per heavy atom. The van der Waals surface area contributed by atoms with Gasteiger partial charge in [0.15, 0.2) is 17.5 Å². The Labute approximate surface area is 114 Å². The first-order valence-electron chi connectivity index (χ1n) is 5.93. The van der Waals surface area contributed by atoms with Crippen LogP contribution in [-0.2, 0) is 0 Å². The first-order valence-corrected chi connectivity index (χ1v) is 6.81. The first kappa shape index (κ1) is 13.9. The fourth-order valence-electron chi connectivity index (χ4n) is 1.85. The fourth-order valence-corrected chi connectivity index (χ4v) is 2.80. The molecule has 2 aromatic rings. The van der Waals surface area contributed by atoms with E-state index in [9.17, 15) is 13.2 Å². The standard InChI is InChI=1S/C14H14F3NS/c1-8(2)14(12-4-3-5-19-12)18-9-6-10(15)13(17)11(16)7-9/h3-8,14,18H,1-2H3. The number of anilines is 1. The minimum absolute atomic E-state index is 0.0655. The molecule has 1 heterocycles. The van der Waals surface area contributed by atoms with E-state index in [1.165, 1.54) is 0 Å². The topological polar surface area (TPSA) is 12.0 Å². The molecule has 19 heavy (non-hydrogen) atoms. The molecule has 102 valence electrons. The average molecular weight is 285 g/mol. The molecule has 0 aliphatic heterocycles. The number of rotatable bonds is 4. The highest BCUT2D eigenvalue weighted by molar-refractivity contribution is 7.10. The SMILES string of the molecule is CC(C)C(Nc1cc(F)c(F)c(F)c1)c1cccs1. The summed E-state index contributed by atoms with van der Waals surface area (Å²) in [5.41, 5.74) is 0.239. The van der Waals surface area contributed by atoms with Gasteiger partial charge in [0, 0.05) is 22.7 Å². The number of thiophene rings is 1. The van der Waals surface area contributed by atoms with Gasteiger partial charge >= 0.3 is 0 Å². The smallest absolute Gasteiger partial charge is 0.194 e. The predicted molar refractivity (Wildman–Crippen MR) is 71.8 cm³/mol. The van der Waals surface area contributed by atoms with E-state index in [1.807, 2.05) is 31.4 Å². The summed E-state index contributed by atoms with van der Waals surface area (Å²) in [5.74, 6) is -3.58. The zero-order valence-corrected chi connectivity index (χ0v) is 11.4.